The number of alkyl halides is 3. The summed E-state index contributed by atoms with van der Waals surface area (Å²) in [6.45, 7) is 1.92. The molecule has 0 saturated heterocycles. The molecular weight excluding hydrogens is 317 g/mol. The van der Waals surface area contributed by atoms with Gasteiger partial charge in [-0.1, -0.05) is 12.1 Å². The molecule has 1 aromatic rings. The summed E-state index contributed by atoms with van der Waals surface area (Å²) in [4.78, 5) is 22.5. The molecule has 0 atom stereocenters. The number of rotatable bonds is 8. The fourth-order valence-electron chi connectivity index (χ4n) is 1.63. The predicted molar refractivity (Wildman–Crippen MR) is 73.4 cm³/mol. The zero-order valence-electron chi connectivity index (χ0n) is 12.5. The minimum Gasteiger partial charge on any atom is -0.466 e. The first-order valence-corrected chi connectivity index (χ1v) is 6.96. The molecule has 0 bridgehead atoms. The summed E-state index contributed by atoms with van der Waals surface area (Å²) in [6.07, 6.45) is -4.23. The highest BCUT2D eigenvalue weighted by molar-refractivity contribution is 5.72. The summed E-state index contributed by atoms with van der Waals surface area (Å²) in [7, 11) is 0. The van der Waals surface area contributed by atoms with E-state index in [-0.39, 0.29) is 37.8 Å². The Morgan fingerprint density at radius 3 is 2.09 bits per heavy atom. The highest BCUT2D eigenvalue weighted by Crippen LogP contribution is 2.22. The van der Waals surface area contributed by atoms with Crippen molar-refractivity contribution in [1.82, 2.24) is 0 Å². The smallest absolute Gasteiger partial charge is 0.466 e. The van der Waals surface area contributed by atoms with E-state index in [1.165, 1.54) is 12.1 Å². The molecule has 8 heteroatoms. The molecule has 0 heterocycles. The molecule has 0 aromatic heterocycles. The van der Waals surface area contributed by atoms with Gasteiger partial charge in [-0.15, -0.1) is 13.2 Å². The third-order valence-corrected chi connectivity index (χ3v) is 2.62. The Bertz CT molecular complexity index is 511. The third-order valence-electron chi connectivity index (χ3n) is 2.62. The van der Waals surface area contributed by atoms with Gasteiger partial charge in [-0.25, -0.2) is 0 Å². The maximum atomic E-state index is 12.0. The first-order chi connectivity index (χ1) is 10.8. The minimum absolute atomic E-state index is 0.0636. The van der Waals surface area contributed by atoms with E-state index in [0.717, 1.165) is 12.1 Å². The topological polar surface area (TPSA) is 61.8 Å². The van der Waals surface area contributed by atoms with E-state index in [2.05, 4.69) is 4.74 Å². The molecule has 0 spiro atoms. The second-order valence-electron chi connectivity index (χ2n) is 4.51. The summed E-state index contributed by atoms with van der Waals surface area (Å²) in [5.74, 6) is -1.22. The van der Waals surface area contributed by atoms with E-state index in [1.54, 1.807) is 6.92 Å². The van der Waals surface area contributed by atoms with Crippen LogP contribution in [0.2, 0.25) is 0 Å². The van der Waals surface area contributed by atoms with Crippen LogP contribution in [0.15, 0.2) is 24.3 Å². The number of benzene rings is 1. The lowest BCUT2D eigenvalue weighted by atomic mass is 10.2. The van der Waals surface area contributed by atoms with Gasteiger partial charge < -0.3 is 14.2 Å². The fraction of sp³-hybridized carbons (Fsp3) is 0.467. The Balaban J connectivity index is 2.29. The molecule has 0 fully saturated rings. The van der Waals surface area contributed by atoms with Crippen molar-refractivity contribution >= 4 is 11.9 Å². The summed E-state index contributed by atoms with van der Waals surface area (Å²) in [6, 6.07) is 5.01. The molecule has 0 aliphatic carbocycles. The maximum absolute atomic E-state index is 12.0. The molecule has 0 aliphatic rings. The van der Waals surface area contributed by atoms with E-state index in [0.29, 0.717) is 12.0 Å². The van der Waals surface area contributed by atoms with Crippen LogP contribution in [0.5, 0.6) is 5.75 Å². The number of hydrogen-bond acceptors (Lipinski definition) is 5. The third kappa shape index (κ3) is 8.70. The lowest BCUT2D eigenvalue weighted by molar-refractivity contribution is -0.274. The van der Waals surface area contributed by atoms with Crippen LogP contribution in [-0.4, -0.2) is 24.9 Å². The number of ether oxygens (including phenoxy) is 3. The van der Waals surface area contributed by atoms with Gasteiger partial charge in [0, 0.05) is 12.8 Å². The van der Waals surface area contributed by atoms with Gasteiger partial charge in [-0.3, -0.25) is 9.59 Å². The van der Waals surface area contributed by atoms with Crippen molar-refractivity contribution < 1.29 is 37.0 Å². The van der Waals surface area contributed by atoms with Crippen molar-refractivity contribution in [2.75, 3.05) is 6.61 Å². The van der Waals surface area contributed by atoms with Crippen LogP contribution >= 0.6 is 0 Å². The number of hydrogen-bond donors (Lipinski definition) is 0. The van der Waals surface area contributed by atoms with Gasteiger partial charge in [-0.2, -0.15) is 0 Å². The molecule has 5 nitrogen and oxygen atoms in total. The predicted octanol–water partition coefficient (Wildman–Crippen LogP) is 3.36. The molecule has 1 rings (SSSR count). The Hall–Kier alpha value is -2.25. The van der Waals surface area contributed by atoms with Crippen molar-refractivity contribution in [3.63, 3.8) is 0 Å². The number of carbonyl (C=O) groups excluding carboxylic acids is 2. The molecule has 0 amide bonds. The van der Waals surface area contributed by atoms with Gasteiger partial charge in [0.05, 0.1) is 6.61 Å². The van der Waals surface area contributed by atoms with Crippen molar-refractivity contribution in [2.24, 2.45) is 0 Å². The SMILES string of the molecule is CCOC(=O)CCCC(=O)OCc1ccc(OC(F)(F)F)cc1. The maximum Gasteiger partial charge on any atom is 0.573 e. The molecule has 0 aliphatic heterocycles. The molecule has 1 aromatic carbocycles. The van der Waals surface area contributed by atoms with Crippen molar-refractivity contribution in [1.29, 1.82) is 0 Å². The van der Waals surface area contributed by atoms with Gasteiger partial charge in [0.2, 0.25) is 0 Å². The summed E-state index contributed by atoms with van der Waals surface area (Å²) in [5, 5.41) is 0. The second-order valence-corrected chi connectivity index (χ2v) is 4.51. The Morgan fingerprint density at radius 2 is 1.57 bits per heavy atom. The van der Waals surface area contributed by atoms with Gasteiger partial charge in [0.1, 0.15) is 12.4 Å². The number of esters is 2. The normalized spacial score (nSPS) is 11.0. The van der Waals surface area contributed by atoms with Gasteiger partial charge in [0.15, 0.2) is 0 Å². The highest BCUT2D eigenvalue weighted by atomic mass is 19.4. The van der Waals surface area contributed by atoms with Crippen LogP contribution in [-0.2, 0) is 25.7 Å². The van der Waals surface area contributed by atoms with Crippen LogP contribution in [0.4, 0.5) is 13.2 Å². The Kier molecular flexibility index (Phi) is 7.37. The van der Waals surface area contributed by atoms with Crippen LogP contribution < -0.4 is 4.74 Å². The van der Waals surface area contributed by atoms with E-state index in [1.807, 2.05) is 0 Å². The van der Waals surface area contributed by atoms with Crippen molar-refractivity contribution in [2.45, 2.75) is 39.2 Å². The van der Waals surface area contributed by atoms with Crippen LogP contribution in [0.1, 0.15) is 31.7 Å². The summed E-state index contributed by atoms with van der Waals surface area (Å²) < 4.78 is 49.4. The number of carbonyl (C=O) groups is 2. The second kappa shape index (κ2) is 9.02. The molecule has 0 radical (unpaired) electrons. The minimum atomic E-state index is -4.74. The quantitative estimate of drug-likeness (QED) is 0.682. The highest BCUT2D eigenvalue weighted by Gasteiger charge is 2.30. The molecular formula is C15H17F3O5. The van der Waals surface area contributed by atoms with Crippen LogP contribution in [0.25, 0.3) is 0 Å². The zero-order chi connectivity index (χ0) is 17.3. The first kappa shape index (κ1) is 18.8. The number of halogens is 3. The van der Waals surface area contributed by atoms with Gasteiger partial charge in [0.25, 0.3) is 0 Å². The van der Waals surface area contributed by atoms with Crippen molar-refractivity contribution in [3.05, 3.63) is 29.8 Å². The Labute approximate surface area is 131 Å². The summed E-state index contributed by atoms with van der Waals surface area (Å²) in [5.41, 5.74) is 0.526. The lowest BCUT2D eigenvalue weighted by Crippen LogP contribution is -2.17. The van der Waals surface area contributed by atoms with E-state index < -0.39 is 12.3 Å². The van der Waals surface area contributed by atoms with Crippen molar-refractivity contribution in [3.8, 4) is 5.75 Å². The lowest BCUT2D eigenvalue weighted by Gasteiger charge is -2.09. The van der Waals surface area contributed by atoms with Gasteiger partial charge in [-0.05, 0) is 31.0 Å². The standard InChI is InChI=1S/C15H17F3O5/c1-2-21-13(19)4-3-5-14(20)22-10-11-6-8-12(9-7-11)23-15(16,17)18/h6-9H,2-5,10H2,1H3. The van der Waals surface area contributed by atoms with Crippen LogP contribution in [0.3, 0.4) is 0 Å². The molecule has 0 saturated carbocycles. The van der Waals surface area contributed by atoms with E-state index in [9.17, 15) is 22.8 Å². The van der Waals surface area contributed by atoms with E-state index >= 15 is 0 Å². The molecule has 23 heavy (non-hydrogen) atoms. The fourth-order valence-corrected chi connectivity index (χ4v) is 1.63. The van der Waals surface area contributed by atoms with Gasteiger partial charge >= 0.3 is 18.3 Å². The Morgan fingerprint density at radius 1 is 1.00 bits per heavy atom. The zero-order valence-corrected chi connectivity index (χ0v) is 12.5. The molecule has 0 N–H and O–H groups in total. The molecule has 0 unspecified atom stereocenters. The average molecular weight is 334 g/mol. The average Bonchev–Trinajstić information content (AvgIpc) is 2.45. The van der Waals surface area contributed by atoms with E-state index in [4.69, 9.17) is 9.47 Å². The summed E-state index contributed by atoms with van der Waals surface area (Å²) >= 11 is 0. The first-order valence-electron chi connectivity index (χ1n) is 6.96. The monoisotopic (exact) mass is 334 g/mol. The largest absolute Gasteiger partial charge is 0.573 e. The molecule has 128 valence electrons. The van der Waals surface area contributed by atoms with Crippen LogP contribution in [0, 0.1) is 0 Å².